The van der Waals surface area contributed by atoms with Crippen molar-refractivity contribution in [2.24, 2.45) is 5.73 Å². The highest BCUT2D eigenvalue weighted by molar-refractivity contribution is 9.10. The monoisotopic (exact) mass is 605 g/mol. The predicted octanol–water partition coefficient (Wildman–Crippen LogP) is 5.65. The molecule has 2 aliphatic rings. The van der Waals surface area contributed by atoms with Gasteiger partial charge in [-0.1, -0.05) is 28.1 Å². The Labute approximate surface area is 220 Å². The van der Waals surface area contributed by atoms with Crippen molar-refractivity contribution in [2.45, 2.75) is 38.7 Å². The highest BCUT2D eigenvalue weighted by Crippen LogP contribution is 2.47. The molecule has 0 bridgehead atoms. The Morgan fingerprint density at radius 1 is 1.14 bits per heavy atom. The predicted molar refractivity (Wildman–Crippen MR) is 137 cm³/mol. The molecule has 0 saturated heterocycles. The Morgan fingerprint density at radius 3 is 2.57 bits per heavy atom. The summed E-state index contributed by atoms with van der Waals surface area (Å²) in [5.41, 5.74) is 8.33. The first-order valence-corrected chi connectivity index (χ1v) is 12.8. The van der Waals surface area contributed by atoms with Gasteiger partial charge in [0.05, 0.1) is 24.1 Å². The second kappa shape index (κ2) is 10.9. The average Bonchev–Trinajstić information content (AvgIpc) is 2.83. The molecule has 1 heterocycles. The fraction of sp³-hybridized carbons (Fsp3) is 0.308. The fourth-order valence-corrected chi connectivity index (χ4v) is 5.13. The number of carbonyl (C=O) groups is 2. The zero-order valence-corrected chi connectivity index (χ0v) is 22.5. The lowest BCUT2D eigenvalue weighted by Gasteiger charge is -2.32. The molecule has 7 nitrogen and oxygen atoms in total. The van der Waals surface area contributed by atoms with Crippen molar-refractivity contribution in [1.82, 2.24) is 0 Å². The lowest BCUT2D eigenvalue weighted by atomic mass is 9.77. The van der Waals surface area contributed by atoms with E-state index in [9.17, 15) is 9.59 Å². The first-order chi connectivity index (χ1) is 16.8. The van der Waals surface area contributed by atoms with E-state index in [1.807, 2.05) is 37.3 Å². The average molecular weight is 607 g/mol. The van der Waals surface area contributed by atoms with Crippen LogP contribution in [0, 0.1) is 0 Å². The van der Waals surface area contributed by atoms with Crippen LogP contribution in [0.4, 0.5) is 0 Å². The molecular formula is C26H25Br2NO6. The topological polar surface area (TPSA) is 97.1 Å². The Kier molecular flexibility index (Phi) is 7.86. The van der Waals surface area contributed by atoms with Crippen molar-refractivity contribution in [3.05, 3.63) is 79.3 Å². The van der Waals surface area contributed by atoms with Gasteiger partial charge >= 0.3 is 5.97 Å². The summed E-state index contributed by atoms with van der Waals surface area (Å²) < 4.78 is 24.3. The highest BCUT2D eigenvalue weighted by Gasteiger charge is 2.41. The molecule has 2 N–H and O–H groups in total. The molecule has 1 atom stereocenters. The van der Waals surface area contributed by atoms with Crippen molar-refractivity contribution in [1.29, 1.82) is 0 Å². The highest BCUT2D eigenvalue weighted by atomic mass is 79.9. The summed E-state index contributed by atoms with van der Waals surface area (Å²) in [5, 5.41) is 0. The Hall–Kier alpha value is -2.78. The van der Waals surface area contributed by atoms with Gasteiger partial charge in [-0.15, -0.1) is 0 Å². The smallest absolute Gasteiger partial charge is 0.340 e. The molecule has 0 saturated carbocycles. The van der Waals surface area contributed by atoms with E-state index in [2.05, 4.69) is 31.9 Å². The lowest BCUT2D eigenvalue weighted by molar-refractivity contribution is -0.136. The quantitative estimate of drug-likeness (QED) is 0.407. The molecule has 35 heavy (non-hydrogen) atoms. The van der Waals surface area contributed by atoms with Gasteiger partial charge in [-0.25, -0.2) is 4.79 Å². The molecule has 2 aromatic carbocycles. The van der Waals surface area contributed by atoms with E-state index in [1.165, 1.54) is 7.11 Å². The Morgan fingerprint density at radius 2 is 1.89 bits per heavy atom. The number of Topliss-reactive ketones (excluding diaryl/α,β-unsaturated/α-hetero) is 1. The van der Waals surface area contributed by atoms with E-state index in [4.69, 9.17) is 24.7 Å². The van der Waals surface area contributed by atoms with E-state index in [-0.39, 0.29) is 17.2 Å². The van der Waals surface area contributed by atoms with Crippen LogP contribution in [0.2, 0.25) is 0 Å². The van der Waals surface area contributed by atoms with E-state index >= 15 is 0 Å². The molecule has 2 aromatic rings. The molecule has 4 rings (SSSR count). The van der Waals surface area contributed by atoms with Gasteiger partial charge in [-0.05, 0) is 64.7 Å². The number of nitrogens with two attached hydrogens (primary N) is 1. The summed E-state index contributed by atoms with van der Waals surface area (Å²) in [4.78, 5) is 25.7. The summed E-state index contributed by atoms with van der Waals surface area (Å²) >= 11 is 7.04. The number of benzene rings is 2. The molecule has 1 aliphatic heterocycles. The molecule has 0 amide bonds. The minimum Gasteiger partial charge on any atom is -0.490 e. The van der Waals surface area contributed by atoms with Gasteiger partial charge in [0.25, 0.3) is 0 Å². The van der Waals surface area contributed by atoms with Crippen LogP contribution >= 0.6 is 31.9 Å². The fourth-order valence-electron chi connectivity index (χ4n) is 4.29. The third-order valence-corrected chi connectivity index (χ3v) is 6.97. The maximum atomic E-state index is 13.0. The van der Waals surface area contributed by atoms with E-state index < -0.39 is 11.9 Å². The zero-order valence-electron chi connectivity index (χ0n) is 19.4. The van der Waals surface area contributed by atoms with Crippen molar-refractivity contribution in [3.8, 4) is 11.5 Å². The maximum absolute atomic E-state index is 13.0. The van der Waals surface area contributed by atoms with Gasteiger partial charge in [-0.3, -0.25) is 4.79 Å². The molecule has 184 valence electrons. The lowest BCUT2D eigenvalue weighted by Crippen LogP contribution is -2.31. The van der Waals surface area contributed by atoms with Gasteiger partial charge in [0, 0.05) is 22.9 Å². The summed E-state index contributed by atoms with van der Waals surface area (Å²) in [6.45, 7) is 2.60. The largest absolute Gasteiger partial charge is 0.490 e. The molecular weight excluding hydrogens is 582 g/mol. The first kappa shape index (κ1) is 25.3. The molecule has 1 aliphatic carbocycles. The number of hydrogen-bond donors (Lipinski definition) is 1. The van der Waals surface area contributed by atoms with Gasteiger partial charge in [0.2, 0.25) is 5.88 Å². The molecule has 0 radical (unpaired) electrons. The van der Waals surface area contributed by atoms with Crippen LogP contribution < -0.4 is 15.2 Å². The second-order valence-corrected chi connectivity index (χ2v) is 9.87. The number of rotatable bonds is 7. The zero-order chi connectivity index (χ0) is 25.1. The van der Waals surface area contributed by atoms with Crippen LogP contribution in [0.15, 0.2) is 68.1 Å². The van der Waals surface area contributed by atoms with Crippen LogP contribution in [-0.2, 0) is 25.7 Å². The number of ketones is 1. The van der Waals surface area contributed by atoms with Gasteiger partial charge in [0.1, 0.15) is 17.9 Å². The van der Waals surface area contributed by atoms with Crippen LogP contribution in [0.1, 0.15) is 43.2 Å². The maximum Gasteiger partial charge on any atom is 0.340 e. The van der Waals surface area contributed by atoms with Crippen molar-refractivity contribution < 1.29 is 28.5 Å². The Balaban J connectivity index is 1.78. The molecule has 0 unspecified atom stereocenters. The SMILES string of the molecule is CCOc1cc([C@@H]2C(C(=O)OC)=C(N)OC3=C2C(=O)CCC3)cc(Br)c1OCc1ccc(Br)cc1. The van der Waals surface area contributed by atoms with E-state index in [0.29, 0.717) is 65.3 Å². The standard InChI is InChI=1S/C26H25Br2NO6/c1-3-33-20-12-15(11-17(28)24(20)34-13-14-7-9-16(27)10-8-14)21-22-18(30)5-4-6-19(22)35-25(29)23(21)26(31)32-2/h7-12,21H,3-6,13,29H2,1-2H3/t21-/m0/s1. The first-order valence-electron chi connectivity index (χ1n) is 11.2. The number of esters is 1. The van der Waals surface area contributed by atoms with Crippen LogP contribution in [0.3, 0.4) is 0 Å². The molecule has 0 aromatic heterocycles. The summed E-state index contributed by atoms with van der Waals surface area (Å²) in [7, 11) is 1.27. The number of halogens is 2. The van der Waals surface area contributed by atoms with E-state index in [1.54, 1.807) is 6.07 Å². The van der Waals surface area contributed by atoms with Crippen molar-refractivity contribution in [3.63, 3.8) is 0 Å². The van der Waals surface area contributed by atoms with Gasteiger partial charge < -0.3 is 24.7 Å². The van der Waals surface area contributed by atoms with Crippen LogP contribution in [0.5, 0.6) is 11.5 Å². The minimum absolute atomic E-state index is 0.0556. The van der Waals surface area contributed by atoms with Crippen LogP contribution in [0.25, 0.3) is 0 Å². The van der Waals surface area contributed by atoms with Crippen molar-refractivity contribution >= 4 is 43.6 Å². The number of ether oxygens (including phenoxy) is 4. The molecule has 9 heteroatoms. The third-order valence-electron chi connectivity index (χ3n) is 5.85. The summed E-state index contributed by atoms with van der Waals surface area (Å²) in [6, 6.07) is 11.4. The van der Waals surface area contributed by atoms with Crippen LogP contribution in [-0.4, -0.2) is 25.5 Å². The summed E-state index contributed by atoms with van der Waals surface area (Å²) in [5.74, 6) is -0.0205. The number of methoxy groups -OCH3 is 1. The Bertz CT molecular complexity index is 1220. The molecule has 0 fully saturated rings. The van der Waals surface area contributed by atoms with Crippen molar-refractivity contribution in [2.75, 3.05) is 13.7 Å². The van der Waals surface area contributed by atoms with E-state index in [0.717, 1.165) is 10.0 Å². The summed E-state index contributed by atoms with van der Waals surface area (Å²) in [6.07, 6.45) is 1.61. The molecule has 0 spiro atoms. The number of carbonyl (C=O) groups excluding carboxylic acids is 2. The normalized spacial score (nSPS) is 17.6. The van der Waals surface area contributed by atoms with Gasteiger partial charge in [-0.2, -0.15) is 0 Å². The number of allylic oxidation sites excluding steroid dienone is 2. The number of hydrogen-bond acceptors (Lipinski definition) is 7. The second-order valence-electron chi connectivity index (χ2n) is 8.10. The minimum atomic E-state index is -0.741. The third kappa shape index (κ3) is 5.26. The van der Waals surface area contributed by atoms with Gasteiger partial charge in [0.15, 0.2) is 17.3 Å².